The van der Waals surface area contributed by atoms with Gasteiger partial charge in [0.2, 0.25) is 0 Å². The highest BCUT2D eigenvalue weighted by atomic mass is 16.4. The van der Waals surface area contributed by atoms with E-state index in [0.717, 1.165) is 0 Å². The maximum absolute atomic E-state index is 10.3. The van der Waals surface area contributed by atoms with Gasteiger partial charge in [-0.2, -0.15) is 0 Å². The fourth-order valence-electron chi connectivity index (χ4n) is 0.544. The Morgan fingerprint density at radius 2 is 2.18 bits per heavy atom. The van der Waals surface area contributed by atoms with Gasteiger partial charge in [-0.1, -0.05) is 6.92 Å². The Morgan fingerprint density at radius 1 is 1.64 bits per heavy atom. The topological polar surface area (TPSA) is 69.6 Å². The summed E-state index contributed by atoms with van der Waals surface area (Å²) in [4.78, 5) is 10.3. The first-order valence-electron chi connectivity index (χ1n) is 3.72. The second-order valence-electron chi connectivity index (χ2n) is 2.53. The van der Waals surface area contributed by atoms with E-state index in [0.29, 0.717) is 13.0 Å². The number of carbonyl (C=O) groups is 1. The molecule has 0 aliphatic carbocycles. The Kier molecular flexibility index (Phi) is 4.81. The number of aliphatic hydroxyl groups excluding tert-OH is 1. The maximum Gasteiger partial charge on any atom is 0.320 e. The smallest absolute Gasteiger partial charge is 0.320 e. The number of aliphatic carboxylic acids is 1. The molecule has 0 aliphatic rings. The number of carboxylic acid groups (broad SMARTS) is 1. The Labute approximate surface area is 66.2 Å². The van der Waals surface area contributed by atoms with Crippen molar-refractivity contribution in [3.63, 3.8) is 0 Å². The summed E-state index contributed by atoms with van der Waals surface area (Å²) in [6, 6.07) is -0.587. The highest BCUT2D eigenvalue weighted by molar-refractivity contribution is 5.72. The molecule has 0 saturated carbocycles. The molecule has 2 unspecified atom stereocenters. The van der Waals surface area contributed by atoms with Crippen LogP contribution in [0.4, 0.5) is 0 Å². The molecule has 0 saturated heterocycles. The third-order valence-corrected chi connectivity index (χ3v) is 1.50. The number of aliphatic hydroxyl groups is 1. The summed E-state index contributed by atoms with van der Waals surface area (Å²) < 4.78 is 0. The minimum atomic E-state index is -0.895. The molecule has 0 aromatic carbocycles. The first kappa shape index (κ1) is 10.4. The average molecular weight is 161 g/mol. The Bertz CT molecular complexity index is 127. The van der Waals surface area contributed by atoms with Crippen LogP contribution >= 0.6 is 0 Å². The predicted octanol–water partition coefficient (Wildman–Crippen LogP) is -0.180. The second kappa shape index (κ2) is 5.09. The van der Waals surface area contributed by atoms with Gasteiger partial charge in [-0.3, -0.25) is 4.79 Å². The van der Waals surface area contributed by atoms with E-state index in [1.165, 1.54) is 0 Å². The molecule has 66 valence electrons. The standard InChI is InChI=1S/C7H15NO3/c1-3-6(9)4-8-5(2)7(10)11/h5-6,8-9H,3-4H2,1-2H3,(H,10,11). The number of rotatable bonds is 5. The van der Waals surface area contributed by atoms with Gasteiger partial charge >= 0.3 is 5.97 Å². The molecule has 0 radical (unpaired) electrons. The molecule has 0 aliphatic heterocycles. The van der Waals surface area contributed by atoms with Crippen molar-refractivity contribution in [3.8, 4) is 0 Å². The maximum atomic E-state index is 10.3. The van der Waals surface area contributed by atoms with Gasteiger partial charge in [-0.05, 0) is 13.3 Å². The van der Waals surface area contributed by atoms with Crippen molar-refractivity contribution in [2.75, 3.05) is 6.54 Å². The van der Waals surface area contributed by atoms with E-state index in [1.807, 2.05) is 6.92 Å². The van der Waals surface area contributed by atoms with E-state index in [4.69, 9.17) is 10.2 Å². The lowest BCUT2D eigenvalue weighted by atomic mass is 10.2. The third-order valence-electron chi connectivity index (χ3n) is 1.50. The van der Waals surface area contributed by atoms with Gasteiger partial charge < -0.3 is 15.5 Å². The quantitative estimate of drug-likeness (QED) is 0.523. The molecule has 0 bridgehead atoms. The Hall–Kier alpha value is -0.610. The zero-order valence-corrected chi connectivity index (χ0v) is 6.87. The lowest BCUT2D eigenvalue weighted by Crippen LogP contribution is -2.38. The summed E-state index contributed by atoms with van der Waals surface area (Å²) in [5.41, 5.74) is 0. The van der Waals surface area contributed by atoms with E-state index in [2.05, 4.69) is 5.32 Å². The van der Waals surface area contributed by atoms with E-state index in [1.54, 1.807) is 6.92 Å². The van der Waals surface area contributed by atoms with Crippen LogP contribution in [0.15, 0.2) is 0 Å². The summed E-state index contributed by atoms with van der Waals surface area (Å²) in [6.45, 7) is 3.73. The van der Waals surface area contributed by atoms with Crippen molar-refractivity contribution in [2.24, 2.45) is 0 Å². The molecular weight excluding hydrogens is 146 g/mol. The molecule has 0 rings (SSSR count). The normalized spacial score (nSPS) is 15.9. The number of nitrogens with one attached hydrogen (secondary N) is 1. The van der Waals surface area contributed by atoms with Crippen LogP contribution < -0.4 is 5.32 Å². The van der Waals surface area contributed by atoms with Crippen LogP contribution in [0.1, 0.15) is 20.3 Å². The van der Waals surface area contributed by atoms with Gasteiger partial charge in [0.1, 0.15) is 6.04 Å². The van der Waals surface area contributed by atoms with Crippen molar-refractivity contribution in [2.45, 2.75) is 32.4 Å². The molecule has 0 fully saturated rings. The van der Waals surface area contributed by atoms with E-state index >= 15 is 0 Å². The lowest BCUT2D eigenvalue weighted by Gasteiger charge is -2.11. The molecule has 0 aromatic rings. The van der Waals surface area contributed by atoms with Gasteiger partial charge in [-0.25, -0.2) is 0 Å². The molecule has 2 atom stereocenters. The predicted molar refractivity (Wildman–Crippen MR) is 41.4 cm³/mol. The summed E-state index contributed by atoms with van der Waals surface area (Å²) in [5, 5.41) is 20.1. The summed E-state index contributed by atoms with van der Waals surface area (Å²) in [6.07, 6.45) is 0.191. The Morgan fingerprint density at radius 3 is 2.55 bits per heavy atom. The number of hydrogen-bond acceptors (Lipinski definition) is 3. The number of hydrogen-bond donors (Lipinski definition) is 3. The van der Waals surface area contributed by atoms with Crippen LogP contribution in [0.2, 0.25) is 0 Å². The molecule has 0 spiro atoms. The number of carboxylic acids is 1. The monoisotopic (exact) mass is 161 g/mol. The largest absolute Gasteiger partial charge is 0.480 e. The van der Waals surface area contributed by atoms with Gasteiger partial charge in [-0.15, -0.1) is 0 Å². The molecule has 0 heterocycles. The van der Waals surface area contributed by atoms with E-state index in [9.17, 15) is 4.79 Å². The van der Waals surface area contributed by atoms with Crippen LogP contribution in [-0.2, 0) is 4.79 Å². The van der Waals surface area contributed by atoms with Crippen molar-refractivity contribution < 1.29 is 15.0 Å². The van der Waals surface area contributed by atoms with Crippen LogP contribution in [0.25, 0.3) is 0 Å². The SMILES string of the molecule is CCC(O)CNC(C)C(=O)O. The zero-order chi connectivity index (χ0) is 8.85. The van der Waals surface area contributed by atoms with Crippen molar-refractivity contribution in [1.29, 1.82) is 0 Å². The van der Waals surface area contributed by atoms with E-state index in [-0.39, 0.29) is 0 Å². The van der Waals surface area contributed by atoms with Gasteiger partial charge in [0.15, 0.2) is 0 Å². The molecule has 0 aromatic heterocycles. The summed E-state index contributed by atoms with van der Waals surface area (Å²) >= 11 is 0. The van der Waals surface area contributed by atoms with Gasteiger partial charge in [0, 0.05) is 6.54 Å². The van der Waals surface area contributed by atoms with Crippen molar-refractivity contribution in [3.05, 3.63) is 0 Å². The molecule has 11 heavy (non-hydrogen) atoms. The first-order chi connectivity index (χ1) is 5.07. The van der Waals surface area contributed by atoms with Gasteiger partial charge in [0.05, 0.1) is 6.10 Å². The molecule has 3 N–H and O–H groups in total. The van der Waals surface area contributed by atoms with Crippen LogP contribution in [0.5, 0.6) is 0 Å². The van der Waals surface area contributed by atoms with Crippen molar-refractivity contribution >= 4 is 5.97 Å². The van der Waals surface area contributed by atoms with Crippen LogP contribution in [-0.4, -0.2) is 34.9 Å². The van der Waals surface area contributed by atoms with Gasteiger partial charge in [0.25, 0.3) is 0 Å². The van der Waals surface area contributed by atoms with Crippen molar-refractivity contribution in [1.82, 2.24) is 5.32 Å². The zero-order valence-electron chi connectivity index (χ0n) is 6.87. The fourth-order valence-corrected chi connectivity index (χ4v) is 0.544. The van der Waals surface area contributed by atoms with Crippen LogP contribution in [0, 0.1) is 0 Å². The second-order valence-corrected chi connectivity index (χ2v) is 2.53. The molecule has 4 nitrogen and oxygen atoms in total. The Balaban J connectivity index is 3.45. The van der Waals surface area contributed by atoms with Crippen LogP contribution in [0.3, 0.4) is 0 Å². The highest BCUT2D eigenvalue weighted by Crippen LogP contribution is 1.88. The third kappa shape index (κ3) is 4.75. The fraction of sp³-hybridized carbons (Fsp3) is 0.857. The minimum Gasteiger partial charge on any atom is -0.480 e. The molecule has 0 amide bonds. The summed E-state index contributed by atoms with van der Waals surface area (Å²) in [5.74, 6) is -0.895. The minimum absolute atomic E-state index is 0.337. The molecule has 4 heteroatoms. The van der Waals surface area contributed by atoms with E-state index < -0.39 is 18.1 Å². The lowest BCUT2D eigenvalue weighted by molar-refractivity contribution is -0.139. The summed E-state index contributed by atoms with van der Waals surface area (Å²) in [7, 11) is 0. The molecular formula is C7H15NO3. The first-order valence-corrected chi connectivity index (χ1v) is 3.72. The average Bonchev–Trinajstić information content (AvgIpc) is 1.99. The highest BCUT2D eigenvalue weighted by Gasteiger charge is 2.10.